The third kappa shape index (κ3) is 3.06. The van der Waals surface area contributed by atoms with Crippen molar-refractivity contribution in [2.75, 3.05) is 7.11 Å². The number of esters is 1. The summed E-state index contributed by atoms with van der Waals surface area (Å²) in [6.07, 6.45) is 0. The van der Waals surface area contributed by atoms with Gasteiger partial charge in [-0.1, -0.05) is 12.1 Å². The van der Waals surface area contributed by atoms with E-state index < -0.39 is 10.9 Å². The minimum absolute atomic E-state index is 0.0163. The molecule has 0 amide bonds. The number of ether oxygens (including phenoxy) is 2. The van der Waals surface area contributed by atoms with Crippen LogP contribution < -0.4 is 9.47 Å². The number of non-ortho nitro benzene ring substituents is 1. The normalized spacial score (nSPS) is 10.1. The molecular weight excluding hydrogens is 286 g/mol. The van der Waals surface area contributed by atoms with Gasteiger partial charge < -0.3 is 9.47 Å². The van der Waals surface area contributed by atoms with E-state index in [0.717, 1.165) is 11.1 Å². The molecule has 0 saturated heterocycles. The van der Waals surface area contributed by atoms with E-state index >= 15 is 0 Å². The van der Waals surface area contributed by atoms with Crippen molar-refractivity contribution in [2.24, 2.45) is 0 Å². The van der Waals surface area contributed by atoms with Crippen molar-refractivity contribution in [1.29, 1.82) is 0 Å². The second-order valence-corrected chi connectivity index (χ2v) is 4.73. The number of rotatable bonds is 4. The van der Waals surface area contributed by atoms with Crippen LogP contribution in [-0.2, 0) is 0 Å². The molecule has 0 N–H and O–H groups in total. The van der Waals surface area contributed by atoms with Crippen LogP contribution in [0, 0.1) is 24.0 Å². The number of carbonyl (C=O) groups is 1. The Morgan fingerprint density at radius 2 is 1.86 bits per heavy atom. The molecular formula is C16H15NO5. The van der Waals surface area contributed by atoms with Crippen LogP contribution in [-0.4, -0.2) is 18.0 Å². The monoisotopic (exact) mass is 301 g/mol. The second-order valence-electron chi connectivity index (χ2n) is 4.73. The molecule has 114 valence electrons. The minimum atomic E-state index is -0.583. The van der Waals surface area contributed by atoms with Gasteiger partial charge in [0, 0.05) is 6.07 Å². The maximum absolute atomic E-state index is 12.3. The molecule has 2 rings (SSSR count). The Bertz CT molecular complexity index is 739. The van der Waals surface area contributed by atoms with Crippen LogP contribution in [0.5, 0.6) is 11.5 Å². The fourth-order valence-corrected chi connectivity index (χ4v) is 1.99. The standard InChI is InChI=1S/C16H15NO5/c1-10-5-4-6-13(11(10)2)16(18)22-15-9-12(17(19)20)7-8-14(15)21-3/h4-9H,1-3H3. The van der Waals surface area contributed by atoms with Crippen LogP contribution in [0.4, 0.5) is 5.69 Å². The highest BCUT2D eigenvalue weighted by Crippen LogP contribution is 2.32. The number of nitrogens with zero attached hydrogens (tertiary/aromatic N) is 1. The molecule has 22 heavy (non-hydrogen) atoms. The molecule has 0 unspecified atom stereocenters. The van der Waals surface area contributed by atoms with Crippen LogP contribution in [0.25, 0.3) is 0 Å². The van der Waals surface area contributed by atoms with E-state index in [2.05, 4.69) is 0 Å². The van der Waals surface area contributed by atoms with Crippen LogP contribution in [0.3, 0.4) is 0 Å². The third-order valence-electron chi connectivity index (χ3n) is 3.39. The summed E-state index contributed by atoms with van der Waals surface area (Å²) in [7, 11) is 1.40. The summed E-state index contributed by atoms with van der Waals surface area (Å²) in [5, 5.41) is 10.8. The fourth-order valence-electron chi connectivity index (χ4n) is 1.99. The average Bonchev–Trinajstić information content (AvgIpc) is 2.49. The zero-order chi connectivity index (χ0) is 16.3. The van der Waals surface area contributed by atoms with E-state index in [1.165, 1.54) is 25.3 Å². The number of hydrogen-bond acceptors (Lipinski definition) is 5. The second kappa shape index (κ2) is 6.26. The molecule has 0 atom stereocenters. The lowest BCUT2D eigenvalue weighted by Crippen LogP contribution is -2.11. The van der Waals surface area contributed by atoms with Gasteiger partial charge in [-0.2, -0.15) is 0 Å². The molecule has 0 aliphatic heterocycles. The van der Waals surface area contributed by atoms with Gasteiger partial charge in [-0.05, 0) is 37.1 Å². The number of aryl methyl sites for hydroxylation is 1. The van der Waals surface area contributed by atoms with Gasteiger partial charge >= 0.3 is 5.97 Å². The zero-order valence-corrected chi connectivity index (χ0v) is 12.5. The smallest absolute Gasteiger partial charge is 0.343 e. The van der Waals surface area contributed by atoms with Crippen molar-refractivity contribution in [3.8, 4) is 11.5 Å². The van der Waals surface area contributed by atoms with Gasteiger partial charge in [0.2, 0.25) is 0 Å². The largest absolute Gasteiger partial charge is 0.493 e. The molecule has 2 aromatic rings. The average molecular weight is 301 g/mol. The van der Waals surface area contributed by atoms with Crippen molar-refractivity contribution >= 4 is 11.7 Å². The summed E-state index contributed by atoms with van der Waals surface area (Å²) in [5.74, 6) is -0.313. The highest BCUT2D eigenvalue weighted by atomic mass is 16.6. The quantitative estimate of drug-likeness (QED) is 0.374. The molecule has 6 heteroatoms. The number of nitro benzene ring substituents is 1. The topological polar surface area (TPSA) is 78.7 Å². The predicted molar refractivity (Wildman–Crippen MR) is 80.5 cm³/mol. The van der Waals surface area contributed by atoms with Crippen LogP contribution >= 0.6 is 0 Å². The van der Waals surface area contributed by atoms with Gasteiger partial charge in [0.05, 0.1) is 23.7 Å². The Morgan fingerprint density at radius 3 is 2.50 bits per heavy atom. The van der Waals surface area contributed by atoms with Gasteiger partial charge in [-0.25, -0.2) is 4.79 Å². The molecule has 2 aromatic carbocycles. The van der Waals surface area contributed by atoms with E-state index in [1.54, 1.807) is 12.1 Å². The van der Waals surface area contributed by atoms with E-state index in [-0.39, 0.29) is 17.2 Å². The molecule has 0 fully saturated rings. The van der Waals surface area contributed by atoms with Gasteiger partial charge in [-0.3, -0.25) is 10.1 Å². The van der Waals surface area contributed by atoms with Gasteiger partial charge in [0.1, 0.15) is 0 Å². The third-order valence-corrected chi connectivity index (χ3v) is 3.39. The van der Waals surface area contributed by atoms with Crippen molar-refractivity contribution in [3.63, 3.8) is 0 Å². The maximum Gasteiger partial charge on any atom is 0.343 e. The van der Waals surface area contributed by atoms with Gasteiger partial charge in [0.25, 0.3) is 5.69 Å². The molecule has 0 aromatic heterocycles. The van der Waals surface area contributed by atoms with E-state index in [1.807, 2.05) is 19.9 Å². The molecule has 0 aliphatic rings. The van der Waals surface area contributed by atoms with Crippen LogP contribution in [0.1, 0.15) is 21.5 Å². The Labute approximate surface area is 127 Å². The number of methoxy groups -OCH3 is 1. The highest BCUT2D eigenvalue weighted by molar-refractivity contribution is 5.93. The van der Waals surface area contributed by atoms with E-state index in [4.69, 9.17) is 9.47 Å². The Kier molecular flexibility index (Phi) is 4.41. The van der Waals surface area contributed by atoms with Crippen molar-refractivity contribution in [2.45, 2.75) is 13.8 Å². The molecule has 0 heterocycles. The molecule has 0 bridgehead atoms. The first-order valence-electron chi connectivity index (χ1n) is 6.55. The molecule has 0 saturated carbocycles. The number of benzene rings is 2. The molecule has 6 nitrogen and oxygen atoms in total. The summed E-state index contributed by atoms with van der Waals surface area (Å²) in [5.41, 5.74) is 2.00. The highest BCUT2D eigenvalue weighted by Gasteiger charge is 2.18. The van der Waals surface area contributed by atoms with Crippen molar-refractivity contribution in [1.82, 2.24) is 0 Å². The summed E-state index contributed by atoms with van der Waals surface area (Å²) >= 11 is 0. The summed E-state index contributed by atoms with van der Waals surface area (Å²) in [6, 6.07) is 9.14. The van der Waals surface area contributed by atoms with Crippen molar-refractivity contribution in [3.05, 3.63) is 63.2 Å². The first kappa shape index (κ1) is 15.5. The summed E-state index contributed by atoms with van der Waals surface area (Å²) in [6.45, 7) is 3.71. The lowest BCUT2D eigenvalue weighted by molar-refractivity contribution is -0.384. The van der Waals surface area contributed by atoms with Gasteiger partial charge in [-0.15, -0.1) is 0 Å². The molecule has 0 radical (unpaired) electrons. The first-order valence-corrected chi connectivity index (χ1v) is 6.55. The van der Waals surface area contributed by atoms with Crippen LogP contribution in [0.2, 0.25) is 0 Å². The molecule has 0 spiro atoms. The maximum atomic E-state index is 12.3. The number of carbonyl (C=O) groups excluding carboxylic acids is 1. The first-order chi connectivity index (χ1) is 10.4. The SMILES string of the molecule is COc1ccc([N+](=O)[O-])cc1OC(=O)c1cccc(C)c1C. The van der Waals surface area contributed by atoms with E-state index in [0.29, 0.717) is 5.56 Å². The lowest BCUT2D eigenvalue weighted by Gasteiger charge is -2.11. The predicted octanol–water partition coefficient (Wildman–Crippen LogP) is 3.44. The Morgan fingerprint density at radius 1 is 1.14 bits per heavy atom. The Balaban J connectivity index is 2.37. The summed E-state index contributed by atoms with van der Waals surface area (Å²) < 4.78 is 10.4. The molecule has 0 aliphatic carbocycles. The van der Waals surface area contributed by atoms with Crippen LogP contribution in [0.15, 0.2) is 36.4 Å². The zero-order valence-electron chi connectivity index (χ0n) is 12.5. The minimum Gasteiger partial charge on any atom is -0.493 e. The lowest BCUT2D eigenvalue weighted by atomic mass is 10.0. The number of hydrogen-bond donors (Lipinski definition) is 0. The summed E-state index contributed by atoms with van der Waals surface area (Å²) in [4.78, 5) is 22.6. The number of nitro groups is 1. The van der Waals surface area contributed by atoms with Crippen molar-refractivity contribution < 1.29 is 19.2 Å². The Hall–Kier alpha value is -2.89. The fraction of sp³-hybridized carbons (Fsp3) is 0.188. The van der Waals surface area contributed by atoms with Gasteiger partial charge in [0.15, 0.2) is 11.5 Å². The van der Waals surface area contributed by atoms with E-state index in [9.17, 15) is 14.9 Å².